The van der Waals surface area contributed by atoms with E-state index in [1.54, 1.807) is 12.5 Å². The van der Waals surface area contributed by atoms with Gasteiger partial charge in [0.1, 0.15) is 0 Å². The fourth-order valence-electron chi connectivity index (χ4n) is 0.428. The van der Waals surface area contributed by atoms with Crippen molar-refractivity contribution in [2.24, 2.45) is 0 Å². The Morgan fingerprint density at radius 3 is 2.30 bits per heavy atom. The molecular weight excluding hydrogens is 198 g/mol. The molecule has 0 saturated carbocycles. The fraction of sp³-hybridized carbons (Fsp3) is 0.571. The van der Waals surface area contributed by atoms with Gasteiger partial charge in [-0.2, -0.15) is 6.20 Å². The van der Waals surface area contributed by atoms with Crippen LogP contribution in [0.3, 0.4) is 0 Å². The molecule has 0 N–H and O–H groups in total. The normalized spacial score (nSPS) is 7.10. The van der Waals surface area contributed by atoms with Crippen molar-refractivity contribution in [2.75, 3.05) is 0 Å². The summed E-state index contributed by atoms with van der Waals surface area (Å²) in [5.74, 6) is 0. The molecule has 1 heterocycles. The quantitative estimate of drug-likeness (QED) is 0.529. The molecule has 1 aromatic heterocycles. The monoisotopic (exact) mass is 210 g/mol. The molecule has 2 nitrogen and oxygen atoms in total. The molecule has 0 aliphatic heterocycles. The van der Waals surface area contributed by atoms with E-state index < -0.39 is 0 Å². The van der Waals surface area contributed by atoms with Crippen molar-refractivity contribution in [1.82, 2.24) is 9.55 Å². The molecular formula is C7H13N2Rb. The molecule has 0 atom stereocenters. The van der Waals surface area contributed by atoms with E-state index in [1.165, 1.54) is 0 Å². The Hall–Kier alpha value is 1.02. The van der Waals surface area contributed by atoms with Crippen molar-refractivity contribution < 1.29 is 58.2 Å². The summed E-state index contributed by atoms with van der Waals surface area (Å²) in [6, 6.07) is 0. The van der Waals surface area contributed by atoms with Crippen LogP contribution in [0.5, 0.6) is 0 Å². The smallest absolute Gasteiger partial charge is 0.501 e. The number of aryl methyl sites for hydroxylation is 1. The van der Waals surface area contributed by atoms with E-state index in [-0.39, 0.29) is 58.2 Å². The molecule has 1 aromatic rings. The molecule has 0 radical (unpaired) electrons. The summed E-state index contributed by atoms with van der Waals surface area (Å²) in [6.07, 6.45) is 6.30. The Bertz CT molecular complexity index is 126. The summed E-state index contributed by atoms with van der Waals surface area (Å²) in [5.41, 5.74) is 0. The number of hydrogen-bond donors (Lipinski definition) is 0. The Morgan fingerprint density at radius 1 is 1.50 bits per heavy atom. The van der Waals surface area contributed by atoms with Gasteiger partial charge < -0.3 is 9.55 Å². The van der Waals surface area contributed by atoms with Crippen LogP contribution in [-0.2, 0) is 6.54 Å². The number of aromatic nitrogens is 2. The fourth-order valence-corrected chi connectivity index (χ4v) is 0.428. The molecule has 0 amide bonds. The summed E-state index contributed by atoms with van der Waals surface area (Å²) in [7, 11) is 0. The van der Waals surface area contributed by atoms with Crippen LogP contribution >= 0.6 is 0 Å². The molecule has 0 aliphatic carbocycles. The van der Waals surface area contributed by atoms with Gasteiger partial charge in [-0.05, 0) is 6.54 Å². The molecule has 1 rings (SSSR count). The van der Waals surface area contributed by atoms with Crippen molar-refractivity contribution in [2.45, 2.75) is 27.3 Å². The predicted molar refractivity (Wildman–Crippen MR) is 38.1 cm³/mol. The first-order chi connectivity index (χ1) is 4.43. The molecule has 0 fully saturated rings. The van der Waals surface area contributed by atoms with Crippen LogP contribution < -0.4 is 58.2 Å². The van der Waals surface area contributed by atoms with Crippen molar-refractivity contribution in [3.63, 3.8) is 0 Å². The van der Waals surface area contributed by atoms with Crippen molar-refractivity contribution in [1.29, 1.82) is 0 Å². The van der Waals surface area contributed by atoms with Gasteiger partial charge in [0.2, 0.25) is 0 Å². The van der Waals surface area contributed by atoms with Gasteiger partial charge in [0, 0.05) is 0 Å². The van der Waals surface area contributed by atoms with Crippen LogP contribution in [0.25, 0.3) is 0 Å². The summed E-state index contributed by atoms with van der Waals surface area (Å²) in [6.45, 7) is 7.01. The second kappa shape index (κ2) is 10.0. The van der Waals surface area contributed by atoms with E-state index in [0.29, 0.717) is 0 Å². The van der Waals surface area contributed by atoms with E-state index >= 15 is 0 Å². The van der Waals surface area contributed by atoms with Crippen molar-refractivity contribution in [3.05, 3.63) is 18.7 Å². The van der Waals surface area contributed by atoms with Gasteiger partial charge in [-0.25, -0.2) is 0 Å². The molecule has 0 aliphatic rings. The molecule has 0 unspecified atom stereocenters. The van der Waals surface area contributed by atoms with Crippen LogP contribution in [-0.4, -0.2) is 9.55 Å². The van der Waals surface area contributed by atoms with E-state index in [4.69, 9.17) is 0 Å². The Kier molecular flexibility index (Phi) is 13.6. The van der Waals surface area contributed by atoms with Crippen LogP contribution in [0, 0.1) is 6.20 Å². The van der Waals surface area contributed by atoms with E-state index in [1.807, 2.05) is 18.4 Å². The van der Waals surface area contributed by atoms with Crippen molar-refractivity contribution in [3.8, 4) is 0 Å². The zero-order valence-corrected chi connectivity index (χ0v) is 12.2. The van der Waals surface area contributed by atoms with Crippen molar-refractivity contribution >= 4 is 0 Å². The zero-order chi connectivity index (χ0) is 7.11. The maximum atomic E-state index is 3.80. The minimum absolute atomic E-state index is 0. The Labute approximate surface area is 112 Å². The van der Waals surface area contributed by atoms with Crippen LogP contribution in [0.1, 0.15) is 20.8 Å². The van der Waals surface area contributed by atoms with E-state index in [2.05, 4.69) is 18.1 Å². The molecule has 10 heavy (non-hydrogen) atoms. The molecule has 52 valence electrons. The molecule has 0 spiro atoms. The van der Waals surface area contributed by atoms with Gasteiger partial charge >= 0.3 is 58.2 Å². The van der Waals surface area contributed by atoms with Crippen LogP contribution in [0.4, 0.5) is 0 Å². The Morgan fingerprint density at radius 2 is 2.10 bits per heavy atom. The Balaban J connectivity index is 0. The van der Waals surface area contributed by atoms with E-state index in [9.17, 15) is 0 Å². The maximum absolute atomic E-state index is 3.80. The minimum atomic E-state index is 0. The van der Waals surface area contributed by atoms with Gasteiger partial charge in [-0.15, -0.1) is 0 Å². The largest absolute Gasteiger partial charge is 1.00 e. The topological polar surface area (TPSA) is 17.8 Å². The third-order valence-electron chi connectivity index (χ3n) is 0.845. The number of nitrogens with zero attached hydrogens (tertiary/aromatic N) is 2. The van der Waals surface area contributed by atoms with Gasteiger partial charge in [0.05, 0.1) is 0 Å². The summed E-state index contributed by atoms with van der Waals surface area (Å²) in [5, 5.41) is 0. The number of hydrogen-bond acceptors (Lipinski definition) is 1. The first-order valence-electron chi connectivity index (χ1n) is 3.31. The maximum Gasteiger partial charge on any atom is 1.00 e. The van der Waals surface area contributed by atoms with Crippen LogP contribution in [0.15, 0.2) is 12.5 Å². The molecule has 0 saturated heterocycles. The average Bonchev–Trinajstić information content (AvgIpc) is 2.43. The SMILES string of the molecule is CC.CCn1[c-]cnc1.[Rb+]. The van der Waals surface area contributed by atoms with Gasteiger partial charge in [0.15, 0.2) is 0 Å². The molecule has 0 bridgehead atoms. The van der Waals surface area contributed by atoms with Gasteiger partial charge in [-0.1, -0.05) is 33.3 Å². The van der Waals surface area contributed by atoms with Crippen LogP contribution in [0.2, 0.25) is 0 Å². The summed E-state index contributed by atoms with van der Waals surface area (Å²) < 4.78 is 1.89. The second-order valence-electron chi connectivity index (χ2n) is 1.31. The zero-order valence-electron chi connectivity index (χ0n) is 7.26. The summed E-state index contributed by atoms with van der Waals surface area (Å²) >= 11 is 0. The third kappa shape index (κ3) is 5.77. The number of rotatable bonds is 1. The first kappa shape index (κ1) is 13.6. The first-order valence-corrected chi connectivity index (χ1v) is 3.31. The third-order valence-corrected chi connectivity index (χ3v) is 0.845. The molecule has 0 aromatic carbocycles. The minimum Gasteiger partial charge on any atom is -0.501 e. The standard InChI is InChI=1S/C5H7N2.C2H6.Rb/c1-2-7-4-3-6-5-7;1-2;/h3,5H,2H2,1H3;1-2H3;/q-1;;+1. The van der Waals surface area contributed by atoms with Gasteiger partial charge in [-0.3, -0.25) is 0 Å². The predicted octanol–water partition coefficient (Wildman–Crippen LogP) is -1.27. The molecule has 3 heteroatoms. The number of imidazole rings is 1. The second-order valence-corrected chi connectivity index (χ2v) is 1.31. The van der Waals surface area contributed by atoms with Gasteiger partial charge in [0.25, 0.3) is 0 Å². The summed E-state index contributed by atoms with van der Waals surface area (Å²) in [4.78, 5) is 3.80. The average molecular weight is 211 g/mol. The van der Waals surface area contributed by atoms with E-state index in [0.717, 1.165) is 6.54 Å².